The Morgan fingerprint density at radius 3 is 2.56 bits per heavy atom. The van der Waals surface area contributed by atoms with Crippen molar-refractivity contribution in [3.63, 3.8) is 0 Å². The maximum atomic E-state index is 11.5. The summed E-state index contributed by atoms with van der Waals surface area (Å²) in [5.41, 5.74) is 9.51. The lowest BCUT2D eigenvalue weighted by Crippen LogP contribution is -2.11. The minimum Gasteiger partial charge on any atom is -0.459 e. The van der Waals surface area contributed by atoms with E-state index in [-0.39, 0.29) is 18.6 Å². The molecule has 1 rings (SSSR count). The highest BCUT2D eigenvalue weighted by Crippen LogP contribution is 2.08. The lowest BCUT2D eigenvalue weighted by atomic mass is 10.1. The SMILES string of the molecule is CC(C)OC(=O)c1ccc(CN=[N+]=[N-])cc1. The van der Waals surface area contributed by atoms with Crippen molar-refractivity contribution in [3.05, 3.63) is 45.8 Å². The number of carbonyl (C=O) groups is 1. The predicted molar refractivity (Wildman–Crippen MR) is 59.8 cm³/mol. The maximum Gasteiger partial charge on any atom is 0.338 e. The normalized spacial score (nSPS) is 9.69. The van der Waals surface area contributed by atoms with Crippen molar-refractivity contribution in [1.29, 1.82) is 0 Å². The number of nitrogens with zero attached hydrogens (tertiary/aromatic N) is 3. The van der Waals surface area contributed by atoms with Gasteiger partial charge in [-0.25, -0.2) is 4.79 Å². The molecule has 0 aliphatic carbocycles. The molecule has 0 atom stereocenters. The molecule has 0 unspecified atom stereocenters. The Balaban J connectivity index is 2.70. The molecule has 1 aromatic carbocycles. The van der Waals surface area contributed by atoms with Crippen LogP contribution in [0.3, 0.4) is 0 Å². The average molecular weight is 219 g/mol. The molecule has 5 heteroatoms. The molecule has 0 radical (unpaired) electrons. The Hall–Kier alpha value is -2.00. The first-order valence-corrected chi connectivity index (χ1v) is 4.94. The van der Waals surface area contributed by atoms with E-state index in [1.807, 2.05) is 0 Å². The van der Waals surface area contributed by atoms with Gasteiger partial charge in [0.25, 0.3) is 0 Å². The fourth-order valence-electron chi connectivity index (χ4n) is 1.14. The van der Waals surface area contributed by atoms with Gasteiger partial charge in [-0.05, 0) is 37.1 Å². The molecule has 84 valence electrons. The van der Waals surface area contributed by atoms with Crippen LogP contribution in [0.15, 0.2) is 29.4 Å². The topological polar surface area (TPSA) is 75.1 Å². The van der Waals surface area contributed by atoms with Crippen LogP contribution < -0.4 is 0 Å². The molecule has 0 aliphatic rings. The molecular weight excluding hydrogens is 206 g/mol. The van der Waals surface area contributed by atoms with Gasteiger partial charge in [-0.1, -0.05) is 17.2 Å². The summed E-state index contributed by atoms with van der Waals surface area (Å²) in [6.07, 6.45) is -0.129. The average Bonchev–Trinajstić information content (AvgIpc) is 2.26. The highest BCUT2D eigenvalue weighted by Gasteiger charge is 2.08. The Morgan fingerprint density at radius 2 is 2.06 bits per heavy atom. The number of azide groups is 1. The first-order valence-electron chi connectivity index (χ1n) is 4.94. The van der Waals surface area contributed by atoms with Crippen molar-refractivity contribution < 1.29 is 9.53 Å². The molecule has 5 nitrogen and oxygen atoms in total. The quantitative estimate of drug-likeness (QED) is 0.337. The van der Waals surface area contributed by atoms with Gasteiger partial charge in [0, 0.05) is 4.91 Å². The van der Waals surface area contributed by atoms with E-state index in [0.29, 0.717) is 5.56 Å². The molecule has 0 bridgehead atoms. The number of hydrogen-bond donors (Lipinski definition) is 0. The van der Waals surface area contributed by atoms with Crippen LogP contribution in [0.25, 0.3) is 10.4 Å². The number of hydrogen-bond acceptors (Lipinski definition) is 3. The van der Waals surface area contributed by atoms with Gasteiger partial charge in [-0.2, -0.15) is 0 Å². The molecule has 0 aromatic heterocycles. The van der Waals surface area contributed by atoms with Crippen molar-refractivity contribution >= 4 is 5.97 Å². The molecule has 0 N–H and O–H groups in total. The molecule has 0 fully saturated rings. The highest BCUT2D eigenvalue weighted by atomic mass is 16.5. The number of ether oxygens (including phenoxy) is 1. The second-order valence-electron chi connectivity index (χ2n) is 3.54. The first kappa shape index (κ1) is 12.1. The van der Waals surface area contributed by atoms with Crippen LogP contribution >= 0.6 is 0 Å². The zero-order chi connectivity index (χ0) is 12.0. The molecule has 0 saturated carbocycles. The molecular formula is C11H13N3O2. The number of rotatable bonds is 4. The van der Waals surface area contributed by atoms with Crippen molar-refractivity contribution in [2.45, 2.75) is 26.5 Å². The maximum absolute atomic E-state index is 11.5. The largest absolute Gasteiger partial charge is 0.459 e. The van der Waals surface area contributed by atoms with E-state index in [0.717, 1.165) is 5.56 Å². The van der Waals surface area contributed by atoms with E-state index >= 15 is 0 Å². The Morgan fingerprint density at radius 1 is 1.44 bits per heavy atom. The van der Waals surface area contributed by atoms with Crippen molar-refractivity contribution in [2.24, 2.45) is 5.11 Å². The summed E-state index contributed by atoms with van der Waals surface area (Å²) >= 11 is 0. The van der Waals surface area contributed by atoms with E-state index in [4.69, 9.17) is 10.3 Å². The smallest absolute Gasteiger partial charge is 0.338 e. The Labute approximate surface area is 93.7 Å². The molecule has 0 aliphatic heterocycles. The lowest BCUT2D eigenvalue weighted by molar-refractivity contribution is 0.0378. The second kappa shape index (κ2) is 5.78. The summed E-state index contributed by atoms with van der Waals surface area (Å²) in [6, 6.07) is 6.80. The van der Waals surface area contributed by atoms with Gasteiger partial charge < -0.3 is 4.74 Å². The molecule has 16 heavy (non-hydrogen) atoms. The third-order valence-electron chi connectivity index (χ3n) is 1.85. The summed E-state index contributed by atoms with van der Waals surface area (Å²) in [4.78, 5) is 14.1. The number of esters is 1. The van der Waals surface area contributed by atoms with Crippen LogP contribution in [0.5, 0.6) is 0 Å². The fraction of sp³-hybridized carbons (Fsp3) is 0.364. The van der Waals surface area contributed by atoms with Gasteiger partial charge in [0.2, 0.25) is 0 Å². The standard InChI is InChI=1S/C11H13N3O2/c1-8(2)16-11(15)10-5-3-9(4-6-10)7-13-14-12/h3-6,8H,7H2,1-2H3. The molecule has 0 amide bonds. The van der Waals surface area contributed by atoms with Gasteiger partial charge in [-0.3, -0.25) is 0 Å². The molecule has 0 saturated heterocycles. The number of benzene rings is 1. The van der Waals surface area contributed by atoms with E-state index < -0.39 is 0 Å². The van der Waals surface area contributed by atoms with Gasteiger partial charge in [0.15, 0.2) is 0 Å². The minimum absolute atomic E-state index is 0.129. The van der Waals surface area contributed by atoms with E-state index in [2.05, 4.69) is 10.0 Å². The van der Waals surface area contributed by atoms with Crippen LogP contribution in [0.2, 0.25) is 0 Å². The van der Waals surface area contributed by atoms with Crippen LogP contribution in [0, 0.1) is 0 Å². The third kappa shape index (κ3) is 3.63. The van der Waals surface area contributed by atoms with E-state index in [1.165, 1.54) is 0 Å². The van der Waals surface area contributed by atoms with E-state index in [1.54, 1.807) is 38.1 Å². The van der Waals surface area contributed by atoms with E-state index in [9.17, 15) is 4.79 Å². The zero-order valence-electron chi connectivity index (χ0n) is 9.25. The van der Waals surface area contributed by atoms with Crippen molar-refractivity contribution in [3.8, 4) is 0 Å². The van der Waals surface area contributed by atoms with Gasteiger partial charge in [0.1, 0.15) is 0 Å². The second-order valence-corrected chi connectivity index (χ2v) is 3.54. The zero-order valence-corrected chi connectivity index (χ0v) is 9.25. The Bertz CT molecular complexity index is 406. The summed E-state index contributed by atoms with van der Waals surface area (Å²) in [7, 11) is 0. The Kier molecular flexibility index (Phi) is 4.36. The van der Waals surface area contributed by atoms with Crippen LogP contribution in [-0.2, 0) is 11.3 Å². The fourth-order valence-corrected chi connectivity index (χ4v) is 1.14. The van der Waals surface area contributed by atoms with Gasteiger partial charge >= 0.3 is 5.97 Å². The van der Waals surface area contributed by atoms with Crippen LogP contribution in [0.1, 0.15) is 29.8 Å². The highest BCUT2D eigenvalue weighted by molar-refractivity contribution is 5.89. The lowest BCUT2D eigenvalue weighted by Gasteiger charge is -2.07. The van der Waals surface area contributed by atoms with Crippen LogP contribution in [0.4, 0.5) is 0 Å². The third-order valence-corrected chi connectivity index (χ3v) is 1.85. The van der Waals surface area contributed by atoms with Crippen molar-refractivity contribution in [2.75, 3.05) is 0 Å². The molecule has 0 heterocycles. The summed E-state index contributed by atoms with van der Waals surface area (Å²) in [5.74, 6) is -0.342. The predicted octanol–water partition coefficient (Wildman–Crippen LogP) is 3.06. The molecule has 1 aromatic rings. The van der Waals surface area contributed by atoms with Crippen LogP contribution in [-0.4, -0.2) is 12.1 Å². The minimum atomic E-state index is -0.342. The monoisotopic (exact) mass is 219 g/mol. The first-order chi connectivity index (χ1) is 7.63. The van der Waals surface area contributed by atoms with Gasteiger partial charge in [0.05, 0.1) is 18.2 Å². The van der Waals surface area contributed by atoms with Gasteiger partial charge in [-0.15, -0.1) is 0 Å². The summed E-state index contributed by atoms with van der Waals surface area (Å²) in [5, 5.41) is 3.43. The summed E-state index contributed by atoms with van der Waals surface area (Å²) < 4.78 is 5.04. The van der Waals surface area contributed by atoms with Crippen molar-refractivity contribution in [1.82, 2.24) is 0 Å². The summed E-state index contributed by atoms with van der Waals surface area (Å²) in [6.45, 7) is 3.89. The number of carbonyl (C=O) groups excluding carboxylic acids is 1. The molecule has 0 spiro atoms.